The van der Waals surface area contributed by atoms with Crippen LogP contribution in [0.25, 0.3) is 5.57 Å². The van der Waals surface area contributed by atoms with E-state index in [9.17, 15) is 9.59 Å². The van der Waals surface area contributed by atoms with Gasteiger partial charge in [-0.3, -0.25) is 9.69 Å². The predicted molar refractivity (Wildman–Crippen MR) is 112 cm³/mol. The third kappa shape index (κ3) is 4.26. The Morgan fingerprint density at radius 3 is 2.64 bits per heavy atom. The molecule has 0 saturated heterocycles. The van der Waals surface area contributed by atoms with Crippen LogP contribution in [0.1, 0.15) is 44.5 Å². The van der Waals surface area contributed by atoms with Crippen molar-refractivity contribution in [3.05, 3.63) is 58.0 Å². The number of ether oxygens (including phenoxy) is 1. The van der Waals surface area contributed by atoms with Crippen LogP contribution in [0.3, 0.4) is 0 Å². The number of nitrogen functional groups attached to an aromatic ring is 1. The first kappa shape index (κ1) is 20.1. The quantitative estimate of drug-likeness (QED) is 0.729. The summed E-state index contributed by atoms with van der Waals surface area (Å²) in [5.41, 5.74) is 9.60. The van der Waals surface area contributed by atoms with Crippen molar-refractivity contribution in [2.75, 3.05) is 32.5 Å². The van der Waals surface area contributed by atoms with Gasteiger partial charge < -0.3 is 15.8 Å². The summed E-state index contributed by atoms with van der Waals surface area (Å²) >= 11 is 1.14. The van der Waals surface area contributed by atoms with Crippen molar-refractivity contribution in [2.24, 2.45) is 0 Å². The van der Waals surface area contributed by atoms with Gasteiger partial charge in [0.2, 0.25) is 0 Å². The highest BCUT2D eigenvalue weighted by atomic mass is 32.1. The molecule has 0 atom stereocenters. The second-order valence-corrected chi connectivity index (χ2v) is 7.58. The summed E-state index contributed by atoms with van der Waals surface area (Å²) < 4.78 is 5.17. The van der Waals surface area contributed by atoms with Crippen LogP contribution in [0.15, 0.2) is 36.4 Å². The molecule has 0 unspecified atom stereocenters. The fraction of sp³-hybridized carbons (Fsp3) is 0.333. The fourth-order valence-corrected chi connectivity index (χ4v) is 4.37. The van der Waals surface area contributed by atoms with Gasteiger partial charge in [0.15, 0.2) is 0 Å². The van der Waals surface area contributed by atoms with Crippen LogP contribution in [0.5, 0.6) is 0 Å². The normalized spacial score (nSPS) is 14.4. The molecule has 0 fully saturated rings. The van der Waals surface area contributed by atoms with Crippen LogP contribution in [0.4, 0.5) is 5.00 Å². The highest BCUT2D eigenvalue weighted by Crippen LogP contribution is 2.34. The van der Waals surface area contributed by atoms with E-state index >= 15 is 0 Å². The van der Waals surface area contributed by atoms with Crippen molar-refractivity contribution < 1.29 is 14.3 Å². The first-order valence-electron chi connectivity index (χ1n) is 9.32. The number of hydrogen-bond acceptors (Lipinski definition) is 6. The Balaban J connectivity index is 1.84. The molecule has 0 radical (unpaired) electrons. The zero-order valence-electron chi connectivity index (χ0n) is 16.2. The van der Waals surface area contributed by atoms with Gasteiger partial charge in [-0.1, -0.05) is 36.4 Å². The van der Waals surface area contributed by atoms with Crippen LogP contribution < -0.4 is 11.1 Å². The Hall–Kier alpha value is -2.64. The van der Waals surface area contributed by atoms with Gasteiger partial charge in [0, 0.05) is 32.2 Å². The van der Waals surface area contributed by atoms with Gasteiger partial charge in [-0.15, -0.1) is 11.3 Å². The van der Waals surface area contributed by atoms with E-state index in [1.54, 1.807) is 14.0 Å². The lowest BCUT2D eigenvalue weighted by Gasteiger charge is -2.27. The average molecular weight is 400 g/mol. The van der Waals surface area contributed by atoms with E-state index in [1.165, 1.54) is 11.1 Å². The number of esters is 1. The molecule has 1 aromatic carbocycles. The molecule has 3 N–H and O–H groups in total. The molecule has 1 aliphatic rings. The van der Waals surface area contributed by atoms with E-state index in [0.29, 0.717) is 27.5 Å². The average Bonchev–Trinajstić information content (AvgIpc) is 3.04. The number of hydrogen-bond donors (Lipinski definition) is 2. The largest absolute Gasteiger partial charge is 0.462 e. The molecule has 2 aromatic rings. The second kappa shape index (κ2) is 9.03. The van der Waals surface area contributed by atoms with E-state index in [-0.39, 0.29) is 12.5 Å². The number of carbonyl (C=O) groups is 2. The van der Waals surface area contributed by atoms with Crippen molar-refractivity contribution >= 4 is 33.8 Å². The Morgan fingerprint density at radius 2 is 2.04 bits per heavy atom. The van der Waals surface area contributed by atoms with E-state index in [4.69, 9.17) is 10.5 Å². The molecule has 1 aliphatic heterocycles. The van der Waals surface area contributed by atoms with Crippen molar-refractivity contribution in [1.82, 2.24) is 10.2 Å². The molecule has 0 spiro atoms. The van der Waals surface area contributed by atoms with E-state index < -0.39 is 5.97 Å². The maximum atomic E-state index is 12.4. The summed E-state index contributed by atoms with van der Waals surface area (Å²) in [6.45, 7) is 4.07. The second-order valence-electron chi connectivity index (χ2n) is 6.53. The maximum absolute atomic E-state index is 12.4. The third-order valence-corrected chi connectivity index (χ3v) is 5.83. The van der Waals surface area contributed by atoms with Crippen LogP contribution in [-0.2, 0) is 11.3 Å². The predicted octanol–water partition coefficient (Wildman–Crippen LogP) is 3.16. The standard InChI is InChI=1S/C21H25N3O3S/c1-3-27-21(26)17-16(18(20(25)23-2)28-19(17)22)13-24-11-9-15(10-12-24)14-7-5-4-6-8-14/h4-9H,3,10-13,22H2,1-2H3,(H,23,25). The smallest absolute Gasteiger partial charge is 0.341 e. The molecule has 1 amide bonds. The first-order chi connectivity index (χ1) is 13.5. The Labute approximate surface area is 169 Å². The van der Waals surface area contributed by atoms with E-state index in [2.05, 4.69) is 28.4 Å². The number of nitrogens with one attached hydrogen (secondary N) is 1. The summed E-state index contributed by atoms with van der Waals surface area (Å²) in [5, 5.41) is 2.96. The molecule has 0 aliphatic carbocycles. The molecular weight excluding hydrogens is 374 g/mol. The topological polar surface area (TPSA) is 84.7 Å². The van der Waals surface area contributed by atoms with Crippen molar-refractivity contribution in [3.8, 4) is 0 Å². The third-order valence-electron chi connectivity index (χ3n) is 4.77. The van der Waals surface area contributed by atoms with Gasteiger partial charge in [-0.25, -0.2) is 4.79 Å². The molecule has 28 heavy (non-hydrogen) atoms. The lowest BCUT2D eigenvalue weighted by molar-refractivity contribution is 0.0526. The lowest BCUT2D eigenvalue weighted by Crippen LogP contribution is -2.30. The van der Waals surface area contributed by atoms with E-state index in [1.807, 2.05) is 18.2 Å². The van der Waals surface area contributed by atoms with Gasteiger partial charge in [0.25, 0.3) is 5.91 Å². The Kier molecular flexibility index (Phi) is 6.49. The van der Waals surface area contributed by atoms with Gasteiger partial charge in [0.05, 0.1) is 17.0 Å². The highest BCUT2D eigenvalue weighted by molar-refractivity contribution is 7.18. The number of rotatable bonds is 6. The number of nitrogens with zero attached hydrogens (tertiary/aromatic N) is 1. The number of nitrogens with two attached hydrogens (primary N) is 1. The SMILES string of the molecule is CCOC(=O)c1c(N)sc(C(=O)NC)c1CN1CC=C(c2ccccc2)CC1. The minimum absolute atomic E-state index is 0.236. The van der Waals surface area contributed by atoms with Crippen molar-refractivity contribution in [3.63, 3.8) is 0 Å². The van der Waals surface area contributed by atoms with Crippen molar-refractivity contribution in [2.45, 2.75) is 19.9 Å². The summed E-state index contributed by atoms with van der Waals surface area (Å²) in [6, 6.07) is 10.3. The Bertz CT molecular complexity index is 890. The molecule has 2 heterocycles. The molecule has 0 bridgehead atoms. The molecule has 148 valence electrons. The van der Waals surface area contributed by atoms with Crippen LogP contribution in [0, 0.1) is 0 Å². The van der Waals surface area contributed by atoms with Gasteiger partial charge in [0.1, 0.15) is 5.00 Å². The number of benzene rings is 1. The molecule has 0 saturated carbocycles. The molecule has 6 nitrogen and oxygen atoms in total. The summed E-state index contributed by atoms with van der Waals surface area (Å²) in [7, 11) is 1.57. The Morgan fingerprint density at radius 1 is 1.29 bits per heavy atom. The number of amides is 1. The number of carbonyl (C=O) groups excluding carboxylic acids is 2. The van der Waals surface area contributed by atoms with Gasteiger partial charge in [-0.05, 0) is 24.5 Å². The first-order valence-corrected chi connectivity index (χ1v) is 10.1. The minimum Gasteiger partial charge on any atom is -0.462 e. The number of anilines is 1. The number of thiophene rings is 1. The summed E-state index contributed by atoms with van der Waals surface area (Å²) in [5.74, 6) is -0.710. The minimum atomic E-state index is -0.473. The van der Waals surface area contributed by atoms with E-state index in [0.717, 1.165) is 30.8 Å². The molecule has 7 heteroatoms. The fourth-order valence-electron chi connectivity index (χ4n) is 3.35. The van der Waals surface area contributed by atoms with Gasteiger partial charge >= 0.3 is 5.97 Å². The zero-order valence-corrected chi connectivity index (χ0v) is 17.0. The summed E-state index contributed by atoms with van der Waals surface area (Å²) in [4.78, 5) is 27.4. The van der Waals surface area contributed by atoms with Crippen LogP contribution in [0.2, 0.25) is 0 Å². The summed E-state index contributed by atoms with van der Waals surface area (Å²) in [6.07, 6.45) is 3.12. The lowest BCUT2D eigenvalue weighted by atomic mass is 9.99. The molecule has 3 rings (SSSR count). The maximum Gasteiger partial charge on any atom is 0.341 e. The van der Waals surface area contributed by atoms with Gasteiger partial charge in [-0.2, -0.15) is 0 Å². The van der Waals surface area contributed by atoms with Crippen molar-refractivity contribution in [1.29, 1.82) is 0 Å². The molecule has 1 aromatic heterocycles. The van der Waals surface area contributed by atoms with Crippen LogP contribution in [-0.4, -0.2) is 43.5 Å². The zero-order chi connectivity index (χ0) is 20.1. The molecular formula is C21H25N3O3S. The van der Waals surface area contributed by atoms with Crippen LogP contribution >= 0.6 is 11.3 Å². The highest BCUT2D eigenvalue weighted by Gasteiger charge is 2.28. The monoisotopic (exact) mass is 399 g/mol.